The maximum absolute atomic E-state index is 11.9. The predicted octanol–water partition coefficient (Wildman–Crippen LogP) is 2.59. The lowest BCUT2D eigenvalue weighted by molar-refractivity contribution is -0.144. The van der Waals surface area contributed by atoms with Crippen LogP contribution in [0.5, 0.6) is 0 Å². The number of ether oxygens (including phenoxy) is 1. The Morgan fingerprint density at radius 1 is 1.06 bits per heavy atom. The van der Waals surface area contributed by atoms with E-state index in [1.807, 2.05) is 26.8 Å². The zero-order valence-electron chi connectivity index (χ0n) is 10.8. The monoisotopic (exact) mass is 232 g/mol. The van der Waals surface area contributed by atoms with Crippen molar-refractivity contribution in [1.82, 2.24) is 0 Å². The van der Waals surface area contributed by atoms with Crippen LogP contribution in [0.4, 0.5) is 0 Å². The van der Waals surface area contributed by atoms with Crippen LogP contribution in [0.3, 0.4) is 0 Å². The number of hydrogen-bond acceptors (Lipinski definition) is 3. The average molecular weight is 232 g/mol. The van der Waals surface area contributed by atoms with Gasteiger partial charge >= 0.3 is 11.9 Å². The van der Waals surface area contributed by atoms with Crippen LogP contribution in [-0.2, 0) is 14.9 Å². The number of rotatable bonds is 0. The molecule has 0 amide bonds. The van der Waals surface area contributed by atoms with Gasteiger partial charge in [-0.25, -0.2) is 4.79 Å². The summed E-state index contributed by atoms with van der Waals surface area (Å²) in [5.74, 6) is -0.991. The summed E-state index contributed by atoms with van der Waals surface area (Å²) in [4.78, 5) is 23.7. The van der Waals surface area contributed by atoms with E-state index in [1.54, 1.807) is 13.8 Å². The molecule has 3 nitrogen and oxygen atoms in total. The summed E-state index contributed by atoms with van der Waals surface area (Å²) < 4.78 is 4.84. The molecule has 0 aromatic heterocycles. The van der Waals surface area contributed by atoms with Crippen molar-refractivity contribution in [3.05, 3.63) is 33.9 Å². The van der Waals surface area contributed by atoms with E-state index >= 15 is 0 Å². The second-order valence-corrected chi connectivity index (χ2v) is 5.19. The van der Waals surface area contributed by atoms with Crippen molar-refractivity contribution < 1.29 is 14.3 Å². The smallest absolute Gasteiger partial charge is 0.346 e. The van der Waals surface area contributed by atoms with E-state index in [0.29, 0.717) is 5.56 Å². The molecule has 17 heavy (non-hydrogen) atoms. The van der Waals surface area contributed by atoms with E-state index in [-0.39, 0.29) is 0 Å². The molecule has 90 valence electrons. The van der Waals surface area contributed by atoms with Crippen LogP contribution in [0.1, 0.15) is 46.5 Å². The molecule has 1 aliphatic rings. The molecule has 0 spiro atoms. The lowest BCUT2D eigenvalue weighted by Crippen LogP contribution is -2.40. The van der Waals surface area contributed by atoms with Gasteiger partial charge in [0.2, 0.25) is 0 Å². The molecule has 0 bridgehead atoms. The zero-order valence-corrected chi connectivity index (χ0v) is 10.8. The number of benzene rings is 1. The van der Waals surface area contributed by atoms with Gasteiger partial charge in [0.25, 0.3) is 0 Å². The number of hydrogen-bond donors (Lipinski definition) is 0. The standard InChI is InChI=1S/C14H16O3/c1-7-6-8(2)11-10(9(7)3)12(15)17-13(16)14(11,4)5/h6H,1-5H3. The van der Waals surface area contributed by atoms with E-state index in [0.717, 1.165) is 22.3 Å². The van der Waals surface area contributed by atoms with Gasteiger partial charge in [-0.05, 0) is 56.9 Å². The quantitative estimate of drug-likeness (QED) is 0.510. The van der Waals surface area contributed by atoms with Gasteiger partial charge in [0.05, 0.1) is 11.0 Å². The maximum atomic E-state index is 11.9. The summed E-state index contributed by atoms with van der Waals surface area (Å²) in [6.45, 7) is 9.36. The summed E-state index contributed by atoms with van der Waals surface area (Å²) >= 11 is 0. The molecule has 0 aliphatic carbocycles. The first-order chi connectivity index (χ1) is 7.76. The molecular weight excluding hydrogens is 216 g/mol. The van der Waals surface area contributed by atoms with E-state index in [4.69, 9.17) is 4.74 Å². The molecule has 0 saturated carbocycles. The highest BCUT2D eigenvalue weighted by atomic mass is 16.6. The zero-order chi connectivity index (χ0) is 13.0. The molecule has 1 aromatic carbocycles. The van der Waals surface area contributed by atoms with Crippen LogP contribution >= 0.6 is 0 Å². The Bertz CT molecular complexity index is 539. The van der Waals surface area contributed by atoms with Crippen LogP contribution in [0, 0.1) is 20.8 Å². The minimum absolute atomic E-state index is 0.471. The molecule has 0 fully saturated rings. The molecule has 0 atom stereocenters. The molecule has 3 heteroatoms. The first-order valence-corrected chi connectivity index (χ1v) is 5.64. The number of esters is 2. The largest absolute Gasteiger partial charge is 0.389 e. The Labute approximate surface area is 101 Å². The summed E-state index contributed by atoms with van der Waals surface area (Å²) in [6, 6.07) is 2.02. The van der Waals surface area contributed by atoms with Crippen molar-refractivity contribution >= 4 is 11.9 Å². The molecular formula is C14H16O3. The van der Waals surface area contributed by atoms with E-state index in [1.165, 1.54) is 0 Å². The molecule has 0 radical (unpaired) electrons. The number of carbonyl (C=O) groups is 2. The topological polar surface area (TPSA) is 43.4 Å². The summed E-state index contributed by atoms with van der Waals surface area (Å²) in [5.41, 5.74) is 3.53. The molecule has 0 N–H and O–H groups in total. The third kappa shape index (κ3) is 1.49. The van der Waals surface area contributed by atoms with E-state index in [2.05, 4.69) is 0 Å². The number of cyclic esters (lactones) is 2. The fraction of sp³-hybridized carbons (Fsp3) is 0.429. The Balaban J connectivity index is 2.88. The van der Waals surface area contributed by atoms with Crippen molar-refractivity contribution in [3.63, 3.8) is 0 Å². The Kier molecular flexibility index (Phi) is 2.38. The fourth-order valence-electron chi connectivity index (χ4n) is 2.51. The molecule has 0 unspecified atom stereocenters. The van der Waals surface area contributed by atoms with E-state index < -0.39 is 17.4 Å². The normalized spacial score (nSPS) is 17.7. The number of aryl methyl sites for hydroxylation is 2. The van der Waals surface area contributed by atoms with Crippen LogP contribution < -0.4 is 0 Å². The molecule has 1 aliphatic heterocycles. The second-order valence-electron chi connectivity index (χ2n) is 5.19. The second kappa shape index (κ2) is 3.42. The summed E-state index contributed by atoms with van der Waals surface area (Å²) in [7, 11) is 0. The number of carbonyl (C=O) groups excluding carboxylic acids is 2. The predicted molar refractivity (Wildman–Crippen MR) is 64.1 cm³/mol. The first kappa shape index (κ1) is 11.8. The Hall–Kier alpha value is -1.64. The van der Waals surface area contributed by atoms with Crippen LogP contribution in [0.2, 0.25) is 0 Å². The van der Waals surface area contributed by atoms with Crippen molar-refractivity contribution in [2.45, 2.75) is 40.0 Å². The van der Waals surface area contributed by atoms with Gasteiger partial charge in [-0.2, -0.15) is 0 Å². The summed E-state index contributed by atoms with van der Waals surface area (Å²) in [6.07, 6.45) is 0. The SMILES string of the molecule is Cc1cc(C)c2c(c1C)C(=O)OC(=O)C2(C)C. The fourth-order valence-corrected chi connectivity index (χ4v) is 2.51. The number of fused-ring (bicyclic) bond motifs is 1. The van der Waals surface area contributed by atoms with Crippen molar-refractivity contribution in [2.24, 2.45) is 0 Å². The molecule has 2 rings (SSSR count). The molecule has 1 heterocycles. The van der Waals surface area contributed by atoms with Gasteiger partial charge in [-0.3, -0.25) is 4.79 Å². The maximum Gasteiger partial charge on any atom is 0.346 e. The van der Waals surface area contributed by atoms with Gasteiger partial charge in [0, 0.05) is 0 Å². The highest BCUT2D eigenvalue weighted by Crippen LogP contribution is 2.37. The summed E-state index contributed by atoms with van der Waals surface area (Å²) in [5, 5.41) is 0. The van der Waals surface area contributed by atoms with Crippen molar-refractivity contribution in [1.29, 1.82) is 0 Å². The third-order valence-corrected chi connectivity index (χ3v) is 3.57. The van der Waals surface area contributed by atoms with Gasteiger partial charge in [-0.1, -0.05) is 6.07 Å². The lowest BCUT2D eigenvalue weighted by atomic mass is 9.75. The highest BCUT2D eigenvalue weighted by Gasteiger charge is 2.43. The Morgan fingerprint density at radius 3 is 2.24 bits per heavy atom. The Morgan fingerprint density at radius 2 is 1.65 bits per heavy atom. The van der Waals surface area contributed by atoms with Gasteiger partial charge in [0.1, 0.15) is 0 Å². The van der Waals surface area contributed by atoms with Gasteiger partial charge in [-0.15, -0.1) is 0 Å². The first-order valence-electron chi connectivity index (χ1n) is 5.64. The molecule has 0 saturated heterocycles. The molecule has 1 aromatic rings. The minimum atomic E-state index is -0.758. The van der Waals surface area contributed by atoms with Crippen LogP contribution in [-0.4, -0.2) is 11.9 Å². The van der Waals surface area contributed by atoms with Gasteiger partial charge < -0.3 is 4.74 Å². The van der Waals surface area contributed by atoms with Crippen molar-refractivity contribution in [2.75, 3.05) is 0 Å². The van der Waals surface area contributed by atoms with Crippen LogP contribution in [0.25, 0.3) is 0 Å². The van der Waals surface area contributed by atoms with Crippen LogP contribution in [0.15, 0.2) is 6.07 Å². The third-order valence-electron chi connectivity index (χ3n) is 3.57. The lowest BCUT2D eigenvalue weighted by Gasteiger charge is -2.32. The van der Waals surface area contributed by atoms with Gasteiger partial charge in [0.15, 0.2) is 0 Å². The van der Waals surface area contributed by atoms with Crippen molar-refractivity contribution in [3.8, 4) is 0 Å². The average Bonchev–Trinajstić information content (AvgIpc) is 2.20. The van der Waals surface area contributed by atoms with E-state index in [9.17, 15) is 9.59 Å². The highest BCUT2D eigenvalue weighted by molar-refractivity contribution is 6.07. The minimum Gasteiger partial charge on any atom is -0.389 e.